The lowest BCUT2D eigenvalue weighted by molar-refractivity contribution is -0.141. The molecule has 0 saturated carbocycles. The highest BCUT2D eigenvalue weighted by atomic mass is 32.2. The number of anilines is 1. The van der Waals surface area contributed by atoms with Gasteiger partial charge in [-0.25, -0.2) is 14.4 Å². The molecule has 1 aromatic rings. The largest absolute Gasteiger partial charge is 0.480 e. The summed E-state index contributed by atoms with van der Waals surface area (Å²) in [5.74, 6) is -5.65. The fourth-order valence-electron chi connectivity index (χ4n) is 3.37. The van der Waals surface area contributed by atoms with Crippen molar-refractivity contribution in [3.05, 3.63) is 22.7 Å². The number of carboxylic acid groups (broad SMARTS) is 1. The monoisotopic (exact) mass is 600 g/mol. The number of aliphatic hydroxyl groups excluding tert-OH is 1. The fraction of sp³-hybridized carbons (Fsp3) is 0.727. The second kappa shape index (κ2) is 13.1. The number of aliphatic hydroxyl groups is 1. The quantitative estimate of drug-likeness (QED) is 0.191. The molecule has 5 N–H and O–H groups in total. The standard InChI is InChI=1S/C22H35F2N4O9PS/c1-12(2)10-13(17(30)31)27-38(34,35-8-9-39-19(32)21(3,4)5)36-11-14-16(29)22(23,24)18(37-14)28-7-6-15(25)26-20(28)33/h6-7,12-14,16,18,29H,8-11H2,1-5H3,(H,27,34)(H,30,31)(H2,25,26,33)/t13-,14+,16+,18+,38?/m0/s1. The van der Waals surface area contributed by atoms with Gasteiger partial charge in [0.05, 0.1) is 13.2 Å². The summed E-state index contributed by atoms with van der Waals surface area (Å²) >= 11 is 0.908. The average Bonchev–Trinajstić information content (AvgIpc) is 3.02. The van der Waals surface area contributed by atoms with Crippen LogP contribution < -0.4 is 16.5 Å². The number of nitrogens with zero attached hydrogens (tertiary/aromatic N) is 2. The van der Waals surface area contributed by atoms with Gasteiger partial charge in [-0.15, -0.1) is 0 Å². The van der Waals surface area contributed by atoms with Crippen LogP contribution in [0.15, 0.2) is 17.1 Å². The predicted octanol–water partition coefficient (Wildman–Crippen LogP) is 2.26. The van der Waals surface area contributed by atoms with Crippen LogP contribution in [0.2, 0.25) is 0 Å². The first-order valence-electron chi connectivity index (χ1n) is 12.0. The molecule has 0 aliphatic carbocycles. The molecule has 0 bridgehead atoms. The molecule has 1 fully saturated rings. The molecule has 13 nitrogen and oxygen atoms in total. The number of carboxylic acids is 1. The maximum atomic E-state index is 14.8. The summed E-state index contributed by atoms with van der Waals surface area (Å²) < 4.78 is 59.4. The van der Waals surface area contributed by atoms with Crippen molar-refractivity contribution >= 4 is 36.4 Å². The van der Waals surface area contributed by atoms with Gasteiger partial charge in [-0.3, -0.25) is 23.2 Å². The number of rotatable bonds is 13. The normalized spacial score (nSPS) is 23.5. The van der Waals surface area contributed by atoms with Crippen molar-refractivity contribution < 1.29 is 46.9 Å². The summed E-state index contributed by atoms with van der Waals surface area (Å²) in [5, 5.41) is 21.9. The zero-order valence-electron chi connectivity index (χ0n) is 22.2. The van der Waals surface area contributed by atoms with Gasteiger partial charge in [0.2, 0.25) is 6.23 Å². The van der Waals surface area contributed by atoms with E-state index in [4.69, 9.17) is 19.5 Å². The Labute approximate surface area is 228 Å². The minimum atomic E-state index is -4.50. The number of thioether (sulfide) groups is 1. The lowest BCUT2D eigenvalue weighted by Gasteiger charge is -2.25. The number of halogens is 2. The Balaban J connectivity index is 2.19. The molecule has 0 spiro atoms. The van der Waals surface area contributed by atoms with Crippen LogP contribution in [0, 0.1) is 11.3 Å². The zero-order chi connectivity index (χ0) is 29.8. The minimum absolute atomic E-state index is 0.0268. The summed E-state index contributed by atoms with van der Waals surface area (Å²) in [6.45, 7) is 7.38. The number of hydrogen-bond donors (Lipinski definition) is 4. The van der Waals surface area contributed by atoms with Crippen molar-refractivity contribution in [3.8, 4) is 0 Å². The van der Waals surface area contributed by atoms with Crippen LogP contribution >= 0.6 is 19.5 Å². The number of nitrogen functional groups attached to an aromatic ring is 1. The molecule has 39 heavy (non-hydrogen) atoms. The maximum absolute atomic E-state index is 14.8. The van der Waals surface area contributed by atoms with Crippen molar-refractivity contribution in [1.29, 1.82) is 0 Å². The Bertz CT molecular complexity index is 1130. The summed E-state index contributed by atoms with van der Waals surface area (Å²) in [7, 11) is -4.50. The summed E-state index contributed by atoms with van der Waals surface area (Å²) in [5.41, 5.74) is 3.59. The fourth-order valence-corrected chi connectivity index (χ4v) is 5.78. The van der Waals surface area contributed by atoms with E-state index in [1.165, 1.54) is 0 Å². The predicted molar refractivity (Wildman–Crippen MR) is 138 cm³/mol. The highest BCUT2D eigenvalue weighted by Crippen LogP contribution is 2.48. The van der Waals surface area contributed by atoms with Crippen molar-refractivity contribution in [2.75, 3.05) is 24.7 Å². The van der Waals surface area contributed by atoms with Crippen LogP contribution in [0.3, 0.4) is 0 Å². The minimum Gasteiger partial charge on any atom is -0.480 e. The number of aliphatic carboxylic acids is 1. The van der Waals surface area contributed by atoms with Gasteiger partial charge in [0, 0.05) is 17.4 Å². The molecule has 0 aromatic carbocycles. The van der Waals surface area contributed by atoms with E-state index in [1.54, 1.807) is 34.6 Å². The van der Waals surface area contributed by atoms with E-state index in [1.807, 2.05) is 0 Å². The number of carbonyl (C=O) groups is 2. The third-order valence-corrected chi connectivity index (χ3v) is 8.29. The van der Waals surface area contributed by atoms with E-state index in [9.17, 15) is 37.9 Å². The Morgan fingerprint density at radius 3 is 2.54 bits per heavy atom. The molecule has 2 rings (SSSR count). The number of nitrogens with two attached hydrogens (primary N) is 1. The number of alkyl halides is 2. The summed E-state index contributed by atoms with van der Waals surface area (Å²) in [6.07, 6.45) is -5.61. The smallest absolute Gasteiger partial charge is 0.406 e. The van der Waals surface area contributed by atoms with E-state index >= 15 is 0 Å². The van der Waals surface area contributed by atoms with Crippen LogP contribution in [-0.4, -0.2) is 74.0 Å². The SMILES string of the molecule is CC(C)C[C@H](NP(=O)(OCCSC(=O)C(C)(C)C)OC[C@H]1O[C@@H](n2ccc(N)nc2=O)C(F)(F)[C@@H]1O)C(=O)O. The second-order valence-corrected chi connectivity index (χ2v) is 13.2. The molecule has 1 aliphatic heterocycles. The van der Waals surface area contributed by atoms with E-state index in [-0.39, 0.29) is 35.6 Å². The van der Waals surface area contributed by atoms with Gasteiger partial charge in [0.1, 0.15) is 18.0 Å². The molecule has 222 valence electrons. The highest BCUT2D eigenvalue weighted by molar-refractivity contribution is 8.13. The molecular formula is C22H35F2N4O9PS. The maximum Gasteiger partial charge on any atom is 0.406 e. The third-order valence-electron chi connectivity index (χ3n) is 5.40. The van der Waals surface area contributed by atoms with Crippen molar-refractivity contribution in [2.24, 2.45) is 11.3 Å². The molecular weight excluding hydrogens is 565 g/mol. The van der Waals surface area contributed by atoms with Crippen LogP contribution in [0.4, 0.5) is 14.6 Å². The molecule has 17 heteroatoms. The van der Waals surface area contributed by atoms with Gasteiger partial charge >= 0.3 is 25.3 Å². The lowest BCUT2D eigenvalue weighted by atomic mass is 10.00. The topological polar surface area (TPSA) is 192 Å². The van der Waals surface area contributed by atoms with Crippen LogP contribution in [-0.2, 0) is 27.9 Å². The van der Waals surface area contributed by atoms with E-state index in [0.29, 0.717) is 4.57 Å². The number of aromatic nitrogens is 2. The number of hydrogen-bond acceptors (Lipinski definition) is 11. The Hall–Kier alpha value is -1.94. The van der Waals surface area contributed by atoms with Gasteiger partial charge < -0.3 is 20.7 Å². The van der Waals surface area contributed by atoms with E-state index in [0.717, 1.165) is 24.0 Å². The molecule has 1 saturated heterocycles. The van der Waals surface area contributed by atoms with Gasteiger partial charge in [-0.05, 0) is 18.4 Å². The first-order valence-corrected chi connectivity index (χ1v) is 14.5. The summed E-state index contributed by atoms with van der Waals surface area (Å²) in [4.78, 5) is 39.3. The van der Waals surface area contributed by atoms with Crippen LogP contribution in [0.1, 0.15) is 47.3 Å². The van der Waals surface area contributed by atoms with E-state index in [2.05, 4.69) is 10.1 Å². The van der Waals surface area contributed by atoms with Crippen LogP contribution in [0.25, 0.3) is 0 Å². The number of carbonyl (C=O) groups excluding carboxylic acids is 1. The molecule has 1 aliphatic rings. The highest BCUT2D eigenvalue weighted by Gasteiger charge is 2.60. The molecule has 0 radical (unpaired) electrons. The number of nitrogens with one attached hydrogen (secondary N) is 1. The van der Waals surface area contributed by atoms with Gasteiger partial charge in [0.25, 0.3) is 0 Å². The third kappa shape index (κ3) is 9.03. The molecule has 1 unspecified atom stereocenters. The number of ether oxygens (including phenoxy) is 1. The van der Waals surface area contributed by atoms with E-state index < -0.39 is 61.8 Å². The van der Waals surface area contributed by atoms with Gasteiger partial charge in [-0.2, -0.15) is 13.8 Å². The lowest BCUT2D eigenvalue weighted by Crippen LogP contribution is -2.42. The second-order valence-electron chi connectivity index (χ2n) is 10.4. The van der Waals surface area contributed by atoms with Crippen molar-refractivity contribution in [3.63, 3.8) is 0 Å². The average molecular weight is 601 g/mol. The zero-order valence-corrected chi connectivity index (χ0v) is 23.9. The Morgan fingerprint density at radius 2 is 2.00 bits per heavy atom. The van der Waals surface area contributed by atoms with Crippen molar-refractivity contribution in [1.82, 2.24) is 14.6 Å². The molecule has 1 aromatic heterocycles. The molecule has 2 heterocycles. The first kappa shape index (κ1) is 33.3. The van der Waals surface area contributed by atoms with Gasteiger partial charge in [0.15, 0.2) is 11.2 Å². The van der Waals surface area contributed by atoms with Gasteiger partial charge in [-0.1, -0.05) is 46.4 Å². The molecule has 5 atom stereocenters. The summed E-state index contributed by atoms with van der Waals surface area (Å²) in [6, 6.07) is -0.297. The first-order chi connectivity index (χ1) is 17.9. The van der Waals surface area contributed by atoms with Crippen LogP contribution in [0.5, 0.6) is 0 Å². The Morgan fingerprint density at radius 1 is 1.36 bits per heavy atom. The Kier molecular flexibility index (Phi) is 11.2. The van der Waals surface area contributed by atoms with Crippen molar-refractivity contribution in [2.45, 2.75) is 71.4 Å². The molecule has 0 amide bonds.